The number of rotatable bonds is 7. The first kappa shape index (κ1) is 18.0. The molecule has 2 rings (SSSR count). The lowest BCUT2D eigenvalue weighted by molar-refractivity contribution is -0.121. The number of hydrogen-bond acceptors (Lipinski definition) is 5. The van der Waals surface area contributed by atoms with E-state index in [1.165, 1.54) is 0 Å². The average Bonchev–Trinajstić information content (AvgIpc) is 2.80. The smallest absolute Gasteiger partial charge is 0.229 e. The molecule has 0 fully saturated rings. The molecule has 0 spiro atoms. The fourth-order valence-electron chi connectivity index (χ4n) is 2.35. The lowest BCUT2D eigenvalue weighted by atomic mass is 10.1. The Morgan fingerprint density at radius 2 is 2.04 bits per heavy atom. The summed E-state index contributed by atoms with van der Waals surface area (Å²) in [7, 11) is -3.32. The van der Waals surface area contributed by atoms with Crippen LogP contribution >= 0.6 is 0 Å². The van der Waals surface area contributed by atoms with Crippen LogP contribution in [-0.4, -0.2) is 25.7 Å². The van der Waals surface area contributed by atoms with Gasteiger partial charge in [0.2, 0.25) is 15.9 Å². The van der Waals surface area contributed by atoms with E-state index in [2.05, 4.69) is 15.2 Å². The molecule has 2 aromatic rings. The van der Waals surface area contributed by atoms with E-state index in [-0.39, 0.29) is 5.91 Å². The molecule has 0 saturated heterocycles. The fourth-order valence-corrected chi connectivity index (χ4v) is 2.90. The number of carbonyl (C=O) groups excluding carboxylic acids is 1. The van der Waals surface area contributed by atoms with Crippen LogP contribution in [0.1, 0.15) is 29.0 Å². The molecule has 0 aliphatic heterocycles. The van der Waals surface area contributed by atoms with E-state index < -0.39 is 10.0 Å². The molecule has 8 heteroatoms. The highest BCUT2D eigenvalue weighted by Crippen LogP contribution is 2.15. The molecule has 0 atom stereocenters. The molecule has 1 aromatic carbocycles. The summed E-state index contributed by atoms with van der Waals surface area (Å²) in [6, 6.07) is 6.90. The third-order valence-electron chi connectivity index (χ3n) is 3.50. The van der Waals surface area contributed by atoms with Gasteiger partial charge in [-0.25, -0.2) is 8.42 Å². The van der Waals surface area contributed by atoms with Crippen molar-refractivity contribution in [1.29, 1.82) is 0 Å². The lowest BCUT2D eigenvalue weighted by Gasteiger charge is -2.08. The topological polar surface area (TPSA) is 101 Å². The molecule has 0 saturated carbocycles. The summed E-state index contributed by atoms with van der Waals surface area (Å²) in [4.78, 5) is 12.0. The first-order chi connectivity index (χ1) is 11.2. The standard InChI is InChI=1S/C16H21N3O4S/c1-11-15(12(2)23-18-11)7-8-16(20)17-10-13-5-4-6-14(9-13)19-24(3,21)22/h4-6,9,19H,7-8,10H2,1-3H3,(H,17,20). The summed E-state index contributed by atoms with van der Waals surface area (Å²) in [5.74, 6) is 0.649. The van der Waals surface area contributed by atoms with Crippen LogP contribution in [0.3, 0.4) is 0 Å². The Hall–Kier alpha value is -2.35. The molecule has 0 bridgehead atoms. The quantitative estimate of drug-likeness (QED) is 0.793. The number of aryl methyl sites for hydroxylation is 2. The maximum absolute atomic E-state index is 12.0. The Balaban J connectivity index is 1.87. The number of hydrogen-bond donors (Lipinski definition) is 2. The second kappa shape index (κ2) is 7.48. The van der Waals surface area contributed by atoms with Gasteiger partial charge in [-0.15, -0.1) is 0 Å². The third-order valence-corrected chi connectivity index (χ3v) is 4.11. The van der Waals surface area contributed by atoms with Gasteiger partial charge in [-0.2, -0.15) is 0 Å². The summed E-state index contributed by atoms with van der Waals surface area (Å²) in [5, 5.41) is 6.69. The third kappa shape index (κ3) is 5.38. The van der Waals surface area contributed by atoms with Gasteiger partial charge in [0.15, 0.2) is 0 Å². The molecule has 0 aliphatic carbocycles. The number of sulfonamides is 1. The van der Waals surface area contributed by atoms with Crippen molar-refractivity contribution >= 4 is 21.6 Å². The SMILES string of the molecule is Cc1noc(C)c1CCC(=O)NCc1cccc(NS(C)(=O)=O)c1. The van der Waals surface area contributed by atoms with Crippen molar-refractivity contribution in [1.82, 2.24) is 10.5 Å². The first-order valence-electron chi connectivity index (χ1n) is 7.50. The second-order valence-electron chi connectivity index (χ2n) is 5.65. The minimum atomic E-state index is -3.32. The van der Waals surface area contributed by atoms with Gasteiger partial charge in [0, 0.05) is 24.2 Å². The summed E-state index contributed by atoms with van der Waals surface area (Å²) in [6.07, 6.45) is 2.00. The average molecular weight is 351 g/mol. The largest absolute Gasteiger partial charge is 0.361 e. The van der Waals surface area contributed by atoms with Crippen LogP contribution in [0, 0.1) is 13.8 Å². The van der Waals surface area contributed by atoms with Crippen LogP contribution in [0.2, 0.25) is 0 Å². The number of anilines is 1. The normalized spacial score (nSPS) is 11.3. The molecule has 1 heterocycles. The minimum Gasteiger partial charge on any atom is -0.361 e. The van der Waals surface area contributed by atoms with E-state index in [1.54, 1.807) is 18.2 Å². The number of nitrogens with one attached hydrogen (secondary N) is 2. The predicted molar refractivity (Wildman–Crippen MR) is 91.1 cm³/mol. The van der Waals surface area contributed by atoms with Crippen LogP contribution < -0.4 is 10.0 Å². The van der Waals surface area contributed by atoms with Crippen LogP contribution in [0.5, 0.6) is 0 Å². The van der Waals surface area contributed by atoms with Crippen molar-refractivity contribution in [2.24, 2.45) is 0 Å². The highest BCUT2D eigenvalue weighted by Gasteiger charge is 2.11. The molecule has 0 radical (unpaired) electrons. The number of benzene rings is 1. The fraction of sp³-hybridized carbons (Fsp3) is 0.375. The number of carbonyl (C=O) groups is 1. The van der Waals surface area contributed by atoms with Gasteiger partial charge in [-0.1, -0.05) is 17.3 Å². The van der Waals surface area contributed by atoms with Crippen LogP contribution in [-0.2, 0) is 27.8 Å². The monoisotopic (exact) mass is 351 g/mol. The van der Waals surface area contributed by atoms with Gasteiger partial charge >= 0.3 is 0 Å². The van der Waals surface area contributed by atoms with E-state index in [0.29, 0.717) is 25.1 Å². The predicted octanol–water partition coefficient (Wildman–Crippen LogP) is 1.91. The Morgan fingerprint density at radius 3 is 2.67 bits per heavy atom. The lowest BCUT2D eigenvalue weighted by Crippen LogP contribution is -2.23. The summed E-state index contributed by atoms with van der Waals surface area (Å²) in [5.41, 5.74) is 3.05. The maximum atomic E-state index is 12.0. The van der Waals surface area contributed by atoms with Gasteiger partial charge in [-0.05, 0) is 38.0 Å². The second-order valence-corrected chi connectivity index (χ2v) is 7.40. The molecule has 2 N–H and O–H groups in total. The highest BCUT2D eigenvalue weighted by atomic mass is 32.2. The van der Waals surface area contributed by atoms with Crippen molar-refractivity contribution < 1.29 is 17.7 Å². The molecule has 24 heavy (non-hydrogen) atoms. The van der Waals surface area contributed by atoms with E-state index in [4.69, 9.17) is 4.52 Å². The van der Waals surface area contributed by atoms with Gasteiger partial charge in [0.1, 0.15) is 5.76 Å². The van der Waals surface area contributed by atoms with E-state index >= 15 is 0 Å². The molecule has 0 aliphatic rings. The molecule has 1 aromatic heterocycles. The van der Waals surface area contributed by atoms with Crippen molar-refractivity contribution in [2.45, 2.75) is 33.2 Å². The zero-order valence-electron chi connectivity index (χ0n) is 13.9. The van der Waals surface area contributed by atoms with Crippen molar-refractivity contribution in [2.75, 3.05) is 11.0 Å². The van der Waals surface area contributed by atoms with Crippen molar-refractivity contribution in [3.05, 3.63) is 46.8 Å². The number of amides is 1. The number of aromatic nitrogens is 1. The van der Waals surface area contributed by atoms with Gasteiger partial charge in [0.05, 0.1) is 11.9 Å². The number of nitrogens with zero attached hydrogens (tertiary/aromatic N) is 1. The van der Waals surface area contributed by atoms with E-state index in [0.717, 1.165) is 28.8 Å². The van der Waals surface area contributed by atoms with Crippen molar-refractivity contribution in [3.8, 4) is 0 Å². The highest BCUT2D eigenvalue weighted by molar-refractivity contribution is 7.92. The summed E-state index contributed by atoms with van der Waals surface area (Å²) < 4.78 is 30.0. The molecular weight excluding hydrogens is 330 g/mol. The van der Waals surface area contributed by atoms with Gasteiger partial charge in [0.25, 0.3) is 0 Å². The van der Waals surface area contributed by atoms with Gasteiger partial charge in [-0.3, -0.25) is 9.52 Å². The summed E-state index contributed by atoms with van der Waals surface area (Å²) >= 11 is 0. The van der Waals surface area contributed by atoms with Crippen LogP contribution in [0.4, 0.5) is 5.69 Å². The zero-order valence-corrected chi connectivity index (χ0v) is 14.7. The molecular formula is C16H21N3O4S. The first-order valence-corrected chi connectivity index (χ1v) is 9.39. The van der Waals surface area contributed by atoms with Crippen LogP contribution in [0.25, 0.3) is 0 Å². The maximum Gasteiger partial charge on any atom is 0.229 e. The van der Waals surface area contributed by atoms with Crippen molar-refractivity contribution in [3.63, 3.8) is 0 Å². The van der Waals surface area contributed by atoms with Crippen LogP contribution in [0.15, 0.2) is 28.8 Å². The zero-order chi connectivity index (χ0) is 17.7. The minimum absolute atomic E-state index is 0.0866. The molecule has 1 amide bonds. The Bertz CT molecular complexity index is 808. The van der Waals surface area contributed by atoms with E-state index in [9.17, 15) is 13.2 Å². The molecule has 0 unspecified atom stereocenters. The van der Waals surface area contributed by atoms with E-state index in [1.807, 2.05) is 19.9 Å². The Morgan fingerprint density at radius 1 is 1.29 bits per heavy atom. The molecule has 7 nitrogen and oxygen atoms in total. The Labute approximate surface area is 141 Å². The summed E-state index contributed by atoms with van der Waals surface area (Å²) in [6.45, 7) is 4.01. The van der Waals surface area contributed by atoms with Gasteiger partial charge < -0.3 is 9.84 Å². The molecule has 130 valence electrons. The Kier molecular flexibility index (Phi) is 5.61.